The van der Waals surface area contributed by atoms with E-state index in [2.05, 4.69) is 40.8 Å². The Bertz CT molecular complexity index is 770. The standard InChI is InChI=1S/C19H17IO2/c20-18-8-4-3-7-17(18)19(21)11-12-22-16-10-9-14-5-1-2-6-15(14)13-16/h1-10,13,19,21H,11-12H2. The van der Waals surface area contributed by atoms with Gasteiger partial charge in [-0.1, -0.05) is 48.5 Å². The predicted octanol–water partition coefficient (Wildman–Crippen LogP) is 4.95. The van der Waals surface area contributed by atoms with E-state index >= 15 is 0 Å². The molecule has 0 heterocycles. The lowest BCUT2D eigenvalue weighted by molar-refractivity contribution is 0.140. The predicted molar refractivity (Wildman–Crippen MR) is 98.2 cm³/mol. The molecule has 3 rings (SSSR count). The van der Waals surface area contributed by atoms with Gasteiger partial charge >= 0.3 is 0 Å². The summed E-state index contributed by atoms with van der Waals surface area (Å²) >= 11 is 2.25. The van der Waals surface area contributed by atoms with Gasteiger partial charge in [0.2, 0.25) is 0 Å². The first kappa shape index (κ1) is 15.3. The van der Waals surface area contributed by atoms with E-state index in [-0.39, 0.29) is 0 Å². The van der Waals surface area contributed by atoms with Crippen molar-refractivity contribution in [3.8, 4) is 5.75 Å². The summed E-state index contributed by atoms with van der Waals surface area (Å²) in [5.74, 6) is 0.841. The van der Waals surface area contributed by atoms with Crippen LogP contribution in [0, 0.1) is 3.57 Å². The van der Waals surface area contributed by atoms with Gasteiger partial charge in [-0.25, -0.2) is 0 Å². The second kappa shape index (κ2) is 7.11. The molecule has 1 unspecified atom stereocenters. The molecule has 3 aromatic rings. The maximum absolute atomic E-state index is 10.3. The summed E-state index contributed by atoms with van der Waals surface area (Å²) in [5.41, 5.74) is 0.963. The first-order valence-electron chi connectivity index (χ1n) is 7.28. The number of aliphatic hydroxyl groups is 1. The molecule has 0 saturated heterocycles. The highest BCUT2D eigenvalue weighted by molar-refractivity contribution is 14.1. The zero-order chi connectivity index (χ0) is 15.4. The van der Waals surface area contributed by atoms with E-state index in [1.807, 2.05) is 48.5 Å². The summed E-state index contributed by atoms with van der Waals surface area (Å²) in [4.78, 5) is 0. The van der Waals surface area contributed by atoms with Gasteiger partial charge in [0.25, 0.3) is 0 Å². The lowest BCUT2D eigenvalue weighted by Gasteiger charge is -2.13. The van der Waals surface area contributed by atoms with Crippen molar-refractivity contribution in [3.05, 3.63) is 75.9 Å². The van der Waals surface area contributed by atoms with Crippen LogP contribution in [-0.4, -0.2) is 11.7 Å². The molecule has 0 fully saturated rings. The molecule has 0 radical (unpaired) electrons. The Morgan fingerprint density at radius 2 is 1.64 bits per heavy atom. The van der Waals surface area contributed by atoms with Gasteiger partial charge in [-0.3, -0.25) is 0 Å². The summed E-state index contributed by atoms with van der Waals surface area (Å²) in [5, 5.41) is 12.6. The summed E-state index contributed by atoms with van der Waals surface area (Å²) in [6.45, 7) is 0.491. The molecule has 0 bridgehead atoms. The topological polar surface area (TPSA) is 29.5 Å². The van der Waals surface area contributed by atoms with Gasteiger partial charge in [0.15, 0.2) is 0 Å². The zero-order valence-corrected chi connectivity index (χ0v) is 14.2. The summed E-state index contributed by atoms with van der Waals surface area (Å²) < 4.78 is 6.87. The maximum Gasteiger partial charge on any atom is 0.119 e. The van der Waals surface area contributed by atoms with Gasteiger partial charge in [0.1, 0.15) is 5.75 Å². The van der Waals surface area contributed by atoms with Crippen LogP contribution in [0.5, 0.6) is 5.75 Å². The molecule has 1 N–H and O–H groups in total. The SMILES string of the molecule is OC(CCOc1ccc2ccccc2c1)c1ccccc1I. The average molecular weight is 404 g/mol. The molecular weight excluding hydrogens is 387 g/mol. The van der Waals surface area contributed by atoms with Gasteiger partial charge in [-0.2, -0.15) is 0 Å². The fourth-order valence-corrected chi connectivity index (χ4v) is 3.19. The van der Waals surface area contributed by atoms with Crippen LogP contribution in [0.2, 0.25) is 0 Å². The van der Waals surface area contributed by atoms with Crippen molar-refractivity contribution in [3.63, 3.8) is 0 Å². The Morgan fingerprint density at radius 3 is 2.45 bits per heavy atom. The second-order valence-corrected chi connectivity index (χ2v) is 6.35. The number of ether oxygens (including phenoxy) is 1. The second-order valence-electron chi connectivity index (χ2n) is 5.18. The van der Waals surface area contributed by atoms with E-state index in [9.17, 15) is 5.11 Å². The van der Waals surface area contributed by atoms with Crippen molar-refractivity contribution in [1.82, 2.24) is 0 Å². The average Bonchev–Trinajstić information content (AvgIpc) is 2.55. The number of hydrogen-bond donors (Lipinski definition) is 1. The number of aliphatic hydroxyl groups excluding tert-OH is 1. The highest BCUT2D eigenvalue weighted by Gasteiger charge is 2.10. The summed E-state index contributed by atoms with van der Waals surface area (Å²) in [6, 6.07) is 22.2. The first-order chi connectivity index (χ1) is 10.7. The molecule has 0 aliphatic rings. The Hall–Kier alpha value is -1.59. The third-order valence-electron chi connectivity index (χ3n) is 3.65. The summed E-state index contributed by atoms with van der Waals surface area (Å²) in [6.07, 6.45) is 0.0842. The van der Waals surface area contributed by atoms with Gasteiger partial charge in [-0.05, 0) is 57.1 Å². The lowest BCUT2D eigenvalue weighted by Crippen LogP contribution is -2.06. The van der Waals surface area contributed by atoms with Crippen LogP contribution in [0.25, 0.3) is 10.8 Å². The van der Waals surface area contributed by atoms with Crippen molar-refractivity contribution in [1.29, 1.82) is 0 Å². The third kappa shape index (κ3) is 3.59. The molecule has 0 spiro atoms. The van der Waals surface area contributed by atoms with E-state index in [1.165, 1.54) is 5.39 Å². The Morgan fingerprint density at radius 1 is 0.909 bits per heavy atom. The number of rotatable bonds is 5. The third-order valence-corrected chi connectivity index (χ3v) is 4.63. The van der Waals surface area contributed by atoms with Gasteiger partial charge in [0, 0.05) is 9.99 Å². The Labute approximate surface area is 143 Å². The van der Waals surface area contributed by atoms with Crippen molar-refractivity contribution >= 4 is 33.4 Å². The lowest BCUT2D eigenvalue weighted by atomic mass is 10.1. The van der Waals surface area contributed by atoms with Gasteiger partial charge < -0.3 is 9.84 Å². The molecular formula is C19H17IO2. The van der Waals surface area contributed by atoms with Crippen LogP contribution in [0.3, 0.4) is 0 Å². The van der Waals surface area contributed by atoms with Gasteiger partial charge in [0.05, 0.1) is 12.7 Å². The minimum atomic E-state index is -0.492. The van der Waals surface area contributed by atoms with Crippen molar-refractivity contribution < 1.29 is 9.84 Å². The summed E-state index contributed by atoms with van der Waals surface area (Å²) in [7, 11) is 0. The van der Waals surface area contributed by atoms with Crippen LogP contribution in [0.15, 0.2) is 66.7 Å². The molecule has 1 atom stereocenters. The number of hydrogen-bond acceptors (Lipinski definition) is 2. The molecule has 22 heavy (non-hydrogen) atoms. The first-order valence-corrected chi connectivity index (χ1v) is 8.36. The fourth-order valence-electron chi connectivity index (χ4n) is 2.45. The van der Waals surface area contributed by atoms with E-state index in [4.69, 9.17) is 4.74 Å². The minimum absolute atomic E-state index is 0.491. The Kier molecular flexibility index (Phi) is 4.95. The van der Waals surface area contributed by atoms with Crippen LogP contribution in [-0.2, 0) is 0 Å². The smallest absolute Gasteiger partial charge is 0.119 e. The highest BCUT2D eigenvalue weighted by atomic mass is 127. The number of halogens is 1. The maximum atomic E-state index is 10.3. The molecule has 2 nitrogen and oxygen atoms in total. The van der Waals surface area contributed by atoms with Crippen LogP contribution in [0.1, 0.15) is 18.1 Å². The monoisotopic (exact) mass is 404 g/mol. The molecule has 3 aromatic carbocycles. The van der Waals surface area contributed by atoms with E-state index in [1.54, 1.807) is 0 Å². The normalized spacial score (nSPS) is 12.3. The van der Waals surface area contributed by atoms with Crippen molar-refractivity contribution in [2.75, 3.05) is 6.61 Å². The largest absolute Gasteiger partial charge is 0.493 e. The fraction of sp³-hybridized carbons (Fsp3) is 0.158. The molecule has 3 heteroatoms. The number of benzene rings is 3. The van der Waals surface area contributed by atoms with Crippen molar-refractivity contribution in [2.24, 2.45) is 0 Å². The van der Waals surface area contributed by atoms with Crippen LogP contribution >= 0.6 is 22.6 Å². The van der Waals surface area contributed by atoms with E-state index in [0.29, 0.717) is 13.0 Å². The van der Waals surface area contributed by atoms with E-state index < -0.39 is 6.10 Å². The van der Waals surface area contributed by atoms with E-state index in [0.717, 1.165) is 20.3 Å². The van der Waals surface area contributed by atoms with Crippen LogP contribution < -0.4 is 4.74 Å². The molecule has 0 saturated carbocycles. The van der Waals surface area contributed by atoms with Gasteiger partial charge in [-0.15, -0.1) is 0 Å². The minimum Gasteiger partial charge on any atom is -0.493 e. The van der Waals surface area contributed by atoms with Crippen molar-refractivity contribution in [2.45, 2.75) is 12.5 Å². The molecule has 0 amide bonds. The van der Waals surface area contributed by atoms with Crippen LogP contribution in [0.4, 0.5) is 0 Å². The highest BCUT2D eigenvalue weighted by Crippen LogP contribution is 2.24. The zero-order valence-electron chi connectivity index (χ0n) is 12.1. The quantitative estimate of drug-likeness (QED) is 0.610. The molecule has 0 aliphatic heterocycles. The number of fused-ring (bicyclic) bond motifs is 1. The Balaban J connectivity index is 1.61. The molecule has 0 aromatic heterocycles. The molecule has 112 valence electrons. The molecule has 0 aliphatic carbocycles.